The molecule has 2 rings (SSSR count). The van der Waals surface area contributed by atoms with Crippen molar-refractivity contribution in [2.45, 2.75) is 26.8 Å². The van der Waals surface area contributed by atoms with Crippen molar-refractivity contribution >= 4 is 34.9 Å². The van der Waals surface area contributed by atoms with Gasteiger partial charge in [0.1, 0.15) is 0 Å². The Morgan fingerprint density at radius 2 is 2.09 bits per heavy atom. The lowest BCUT2D eigenvalue weighted by Crippen LogP contribution is -2.47. The Morgan fingerprint density at radius 3 is 2.70 bits per heavy atom. The van der Waals surface area contributed by atoms with Gasteiger partial charge in [0.25, 0.3) is 0 Å². The quantitative estimate of drug-likeness (QED) is 0.789. The molecule has 23 heavy (non-hydrogen) atoms. The van der Waals surface area contributed by atoms with Gasteiger partial charge in [0.15, 0.2) is 0 Å². The molecule has 1 aromatic rings. The molecule has 0 aliphatic carbocycles. The van der Waals surface area contributed by atoms with Crippen molar-refractivity contribution in [2.24, 2.45) is 5.92 Å². The average Bonchev–Trinajstić information content (AvgIpc) is 2.47. The number of nitrogens with zero attached hydrogens (tertiary/aromatic N) is 1. The van der Waals surface area contributed by atoms with Crippen LogP contribution in [0.1, 0.15) is 20.8 Å². The SMILES string of the molecule is CC(C)[C@H](C)NC(=O)Nc1ccc(N2CCNC(=O)C2)c(Cl)c1. The molecule has 6 nitrogen and oxygen atoms in total. The number of nitrogens with one attached hydrogen (secondary N) is 3. The number of carbonyl (C=O) groups is 2. The van der Waals surface area contributed by atoms with Gasteiger partial charge < -0.3 is 20.9 Å². The summed E-state index contributed by atoms with van der Waals surface area (Å²) in [6.07, 6.45) is 0. The molecule has 3 N–H and O–H groups in total. The highest BCUT2D eigenvalue weighted by Crippen LogP contribution is 2.29. The van der Waals surface area contributed by atoms with Gasteiger partial charge in [-0.2, -0.15) is 0 Å². The van der Waals surface area contributed by atoms with Crippen molar-refractivity contribution in [3.05, 3.63) is 23.2 Å². The number of carbonyl (C=O) groups excluding carboxylic acids is 2. The molecule has 0 unspecified atom stereocenters. The normalized spacial score (nSPS) is 16.0. The van der Waals surface area contributed by atoms with Crippen LogP contribution in [0.3, 0.4) is 0 Å². The number of hydrogen-bond donors (Lipinski definition) is 3. The van der Waals surface area contributed by atoms with E-state index in [1.165, 1.54) is 0 Å². The maximum atomic E-state index is 11.9. The van der Waals surface area contributed by atoms with Crippen LogP contribution in [0.2, 0.25) is 5.02 Å². The molecule has 0 saturated carbocycles. The molecule has 0 bridgehead atoms. The molecular formula is C16H23ClN4O2. The molecule has 1 aliphatic heterocycles. The minimum atomic E-state index is -0.257. The summed E-state index contributed by atoms with van der Waals surface area (Å²) in [7, 11) is 0. The van der Waals surface area contributed by atoms with Gasteiger partial charge in [0, 0.05) is 24.8 Å². The van der Waals surface area contributed by atoms with Gasteiger partial charge in [0.05, 0.1) is 17.3 Å². The third-order valence-electron chi connectivity index (χ3n) is 3.94. The van der Waals surface area contributed by atoms with E-state index in [0.29, 0.717) is 36.3 Å². The Hall–Kier alpha value is -1.95. The summed E-state index contributed by atoms with van der Waals surface area (Å²) in [6.45, 7) is 7.66. The van der Waals surface area contributed by atoms with Crippen LogP contribution in [0.5, 0.6) is 0 Å². The summed E-state index contributed by atoms with van der Waals surface area (Å²) in [6, 6.07) is 5.13. The van der Waals surface area contributed by atoms with Gasteiger partial charge in [-0.25, -0.2) is 4.79 Å². The van der Waals surface area contributed by atoms with E-state index >= 15 is 0 Å². The average molecular weight is 339 g/mol. The number of halogens is 1. The highest BCUT2D eigenvalue weighted by molar-refractivity contribution is 6.33. The van der Waals surface area contributed by atoms with Crippen molar-refractivity contribution in [1.82, 2.24) is 10.6 Å². The van der Waals surface area contributed by atoms with Crippen molar-refractivity contribution in [2.75, 3.05) is 29.9 Å². The van der Waals surface area contributed by atoms with Gasteiger partial charge in [-0.15, -0.1) is 0 Å². The van der Waals surface area contributed by atoms with E-state index in [0.717, 1.165) is 5.69 Å². The van der Waals surface area contributed by atoms with Crippen LogP contribution in [0.15, 0.2) is 18.2 Å². The Bertz CT molecular complexity index is 591. The maximum Gasteiger partial charge on any atom is 0.319 e. The van der Waals surface area contributed by atoms with Gasteiger partial charge in [-0.1, -0.05) is 25.4 Å². The second-order valence-corrected chi connectivity index (χ2v) is 6.48. The van der Waals surface area contributed by atoms with E-state index < -0.39 is 0 Å². The topological polar surface area (TPSA) is 73.5 Å². The lowest BCUT2D eigenvalue weighted by molar-refractivity contribution is -0.120. The molecule has 0 radical (unpaired) electrons. The third-order valence-corrected chi connectivity index (χ3v) is 4.25. The van der Waals surface area contributed by atoms with Crippen LogP contribution in [0, 0.1) is 5.92 Å². The molecule has 0 aromatic heterocycles. The standard InChI is InChI=1S/C16H23ClN4O2/c1-10(2)11(3)19-16(23)20-12-4-5-14(13(17)8-12)21-7-6-18-15(22)9-21/h4-5,8,10-11H,6-7,9H2,1-3H3,(H,18,22)(H2,19,20,23)/t11-/m0/s1. The zero-order valence-corrected chi connectivity index (χ0v) is 14.4. The fourth-order valence-electron chi connectivity index (χ4n) is 2.23. The van der Waals surface area contributed by atoms with Crippen molar-refractivity contribution < 1.29 is 9.59 Å². The van der Waals surface area contributed by atoms with Crippen LogP contribution in [-0.2, 0) is 4.79 Å². The predicted octanol–water partition coefficient (Wildman–Crippen LogP) is 2.44. The summed E-state index contributed by atoms with van der Waals surface area (Å²) >= 11 is 6.31. The number of hydrogen-bond acceptors (Lipinski definition) is 3. The van der Waals surface area contributed by atoms with E-state index in [1.807, 2.05) is 31.7 Å². The first-order valence-electron chi connectivity index (χ1n) is 7.75. The first-order valence-corrected chi connectivity index (χ1v) is 8.13. The van der Waals surface area contributed by atoms with E-state index in [1.54, 1.807) is 12.1 Å². The first kappa shape index (κ1) is 17.4. The number of urea groups is 1. The molecule has 0 spiro atoms. The van der Waals surface area contributed by atoms with Gasteiger partial charge in [0.2, 0.25) is 5.91 Å². The largest absolute Gasteiger partial charge is 0.359 e. The molecule has 1 aromatic carbocycles. The van der Waals surface area contributed by atoms with E-state index in [-0.39, 0.29) is 18.0 Å². The predicted molar refractivity (Wildman–Crippen MR) is 93.1 cm³/mol. The molecule has 1 aliphatic rings. The van der Waals surface area contributed by atoms with Crippen LogP contribution in [0.4, 0.5) is 16.2 Å². The Labute approximate surface area is 141 Å². The lowest BCUT2D eigenvalue weighted by Gasteiger charge is -2.29. The molecule has 3 amide bonds. The van der Waals surface area contributed by atoms with E-state index in [4.69, 9.17) is 11.6 Å². The minimum Gasteiger partial charge on any atom is -0.359 e. The van der Waals surface area contributed by atoms with E-state index in [9.17, 15) is 9.59 Å². The zero-order valence-electron chi connectivity index (χ0n) is 13.6. The highest BCUT2D eigenvalue weighted by atomic mass is 35.5. The second kappa shape index (κ2) is 7.55. The zero-order chi connectivity index (χ0) is 17.0. The fourth-order valence-corrected chi connectivity index (χ4v) is 2.53. The molecule has 1 saturated heterocycles. The highest BCUT2D eigenvalue weighted by Gasteiger charge is 2.19. The smallest absolute Gasteiger partial charge is 0.319 e. The monoisotopic (exact) mass is 338 g/mol. The summed E-state index contributed by atoms with van der Waals surface area (Å²) < 4.78 is 0. The van der Waals surface area contributed by atoms with Crippen LogP contribution >= 0.6 is 11.6 Å². The van der Waals surface area contributed by atoms with Crippen LogP contribution in [-0.4, -0.2) is 37.6 Å². The summed E-state index contributed by atoms with van der Waals surface area (Å²) in [5.41, 5.74) is 1.41. The lowest BCUT2D eigenvalue weighted by atomic mass is 10.1. The van der Waals surface area contributed by atoms with Gasteiger partial charge in [-0.05, 0) is 31.0 Å². The number of benzene rings is 1. The molecule has 126 valence electrons. The number of piperazine rings is 1. The number of amides is 3. The maximum absolute atomic E-state index is 11.9. The second-order valence-electron chi connectivity index (χ2n) is 6.07. The molecular weight excluding hydrogens is 316 g/mol. The Morgan fingerprint density at radius 1 is 1.35 bits per heavy atom. The Kier molecular flexibility index (Phi) is 5.71. The molecule has 7 heteroatoms. The third kappa shape index (κ3) is 4.76. The molecule has 1 fully saturated rings. The molecule has 1 atom stereocenters. The van der Waals surface area contributed by atoms with Gasteiger partial charge in [-0.3, -0.25) is 4.79 Å². The summed E-state index contributed by atoms with van der Waals surface area (Å²) in [5.74, 6) is 0.341. The number of rotatable bonds is 4. The van der Waals surface area contributed by atoms with Crippen LogP contribution < -0.4 is 20.9 Å². The van der Waals surface area contributed by atoms with Crippen LogP contribution in [0.25, 0.3) is 0 Å². The van der Waals surface area contributed by atoms with Crippen molar-refractivity contribution in [1.29, 1.82) is 0 Å². The first-order chi connectivity index (χ1) is 10.9. The molecule has 1 heterocycles. The number of anilines is 2. The summed E-state index contributed by atoms with van der Waals surface area (Å²) in [4.78, 5) is 25.3. The fraction of sp³-hybridized carbons (Fsp3) is 0.500. The minimum absolute atomic E-state index is 0.0171. The van der Waals surface area contributed by atoms with Crippen molar-refractivity contribution in [3.63, 3.8) is 0 Å². The van der Waals surface area contributed by atoms with Crippen molar-refractivity contribution in [3.8, 4) is 0 Å². The van der Waals surface area contributed by atoms with Gasteiger partial charge >= 0.3 is 6.03 Å². The summed E-state index contributed by atoms with van der Waals surface area (Å²) in [5, 5.41) is 8.94. The Balaban J connectivity index is 2.01. The van der Waals surface area contributed by atoms with E-state index in [2.05, 4.69) is 16.0 Å².